The van der Waals surface area contributed by atoms with Crippen molar-refractivity contribution in [3.8, 4) is 5.75 Å². The van der Waals surface area contributed by atoms with E-state index < -0.39 is 0 Å². The molecule has 3 aromatic rings. The van der Waals surface area contributed by atoms with Crippen molar-refractivity contribution in [1.82, 2.24) is 15.2 Å². The Labute approximate surface area is 187 Å². The quantitative estimate of drug-likeness (QED) is 0.617. The fourth-order valence-electron chi connectivity index (χ4n) is 4.01. The summed E-state index contributed by atoms with van der Waals surface area (Å²) in [6.45, 7) is 3.93. The molecule has 1 aromatic heterocycles. The number of halogens is 1. The summed E-state index contributed by atoms with van der Waals surface area (Å²) in [4.78, 5) is 21.6. The first-order chi connectivity index (χ1) is 15.6. The average Bonchev–Trinajstić information content (AvgIpc) is 2.85. The normalized spacial score (nSPS) is 15.2. The number of pyridine rings is 1. The Hall–Kier alpha value is -3.45. The summed E-state index contributed by atoms with van der Waals surface area (Å²) < 4.78 is 18.4. The summed E-state index contributed by atoms with van der Waals surface area (Å²) in [7, 11) is 1.67. The highest BCUT2D eigenvalue weighted by molar-refractivity contribution is 5.94. The maximum absolute atomic E-state index is 13.2. The minimum atomic E-state index is -0.357. The number of piperazine rings is 1. The molecule has 1 N–H and O–H groups in total. The molecule has 1 saturated heterocycles. The smallest absolute Gasteiger partial charge is 0.251 e. The molecule has 1 amide bonds. The SMILES string of the molecule is COc1ccc(N2CCN(C(CNC(=O)c3ccc(F)cc3)c3cccnc3)CC2)cc1. The van der Waals surface area contributed by atoms with Crippen molar-refractivity contribution < 1.29 is 13.9 Å². The van der Waals surface area contributed by atoms with Gasteiger partial charge in [-0.25, -0.2) is 4.39 Å². The third kappa shape index (κ3) is 5.23. The number of rotatable bonds is 7. The fourth-order valence-corrected chi connectivity index (χ4v) is 4.01. The van der Waals surface area contributed by atoms with E-state index in [9.17, 15) is 9.18 Å². The molecule has 1 fully saturated rings. The van der Waals surface area contributed by atoms with E-state index in [2.05, 4.69) is 32.2 Å². The number of aromatic nitrogens is 1. The standard InChI is InChI=1S/C25H27FN4O2/c1-32-23-10-8-22(9-11-23)29-13-15-30(16-14-29)24(20-3-2-12-27-17-20)18-28-25(31)19-4-6-21(26)7-5-19/h2-12,17,24H,13-16,18H2,1H3,(H,28,31). The molecular formula is C25H27FN4O2. The van der Waals surface area contributed by atoms with E-state index in [1.807, 2.05) is 30.5 Å². The topological polar surface area (TPSA) is 57.7 Å². The second-order valence-electron chi connectivity index (χ2n) is 7.74. The number of hydrogen-bond acceptors (Lipinski definition) is 5. The van der Waals surface area contributed by atoms with Crippen LogP contribution < -0.4 is 15.0 Å². The third-order valence-corrected chi connectivity index (χ3v) is 5.82. The van der Waals surface area contributed by atoms with Crippen LogP contribution in [0.15, 0.2) is 73.1 Å². The zero-order valence-corrected chi connectivity index (χ0v) is 18.1. The number of benzene rings is 2. The lowest BCUT2D eigenvalue weighted by Gasteiger charge is -2.40. The Morgan fingerprint density at radius 2 is 1.78 bits per heavy atom. The van der Waals surface area contributed by atoms with Crippen molar-refractivity contribution in [2.24, 2.45) is 0 Å². The second kappa shape index (κ2) is 10.2. The maximum Gasteiger partial charge on any atom is 0.251 e. The van der Waals surface area contributed by atoms with Crippen LogP contribution in [0, 0.1) is 5.82 Å². The van der Waals surface area contributed by atoms with Gasteiger partial charge in [0.25, 0.3) is 5.91 Å². The molecule has 0 bridgehead atoms. The first kappa shape index (κ1) is 21.8. The Morgan fingerprint density at radius 1 is 1.06 bits per heavy atom. The van der Waals surface area contributed by atoms with Gasteiger partial charge in [-0.15, -0.1) is 0 Å². The number of carbonyl (C=O) groups is 1. The maximum atomic E-state index is 13.2. The van der Waals surface area contributed by atoms with Crippen LogP contribution in [0.25, 0.3) is 0 Å². The summed E-state index contributed by atoms with van der Waals surface area (Å²) in [6, 6.07) is 17.7. The van der Waals surface area contributed by atoms with Gasteiger partial charge in [-0.2, -0.15) is 0 Å². The number of amides is 1. The molecule has 32 heavy (non-hydrogen) atoms. The average molecular weight is 435 g/mol. The first-order valence-corrected chi connectivity index (χ1v) is 10.7. The van der Waals surface area contributed by atoms with Gasteiger partial charge in [0, 0.05) is 56.4 Å². The van der Waals surface area contributed by atoms with Crippen LogP contribution in [0.5, 0.6) is 5.75 Å². The molecule has 166 valence electrons. The van der Waals surface area contributed by atoms with Gasteiger partial charge in [-0.05, 0) is 60.2 Å². The van der Waals surface area contributed by atoms with E-state index in [1.54, 1.807) is 13.3 Å². The van der Waals surface area contributed by atoms with Crippen molar-refractivity contribution in [3.05, 3.63) is 90.0 Å². The molecule has 6 nitrogen and oxygen atoms in total. The van der Waals surface area contributed by atoms with Crippen LogP contribution in [-0.4, -0.2) is 55.6 Å². The minimum Gasteiger partial charge on any atom is -0.497 e. The molecule has 1 aliphatic rings. The monoisotopic (exact) mass is 434 g/mol. The Bertz CT molecular complexity index is 1000. The Morgan fingerprint density at radius 3 is 2.41 bits per heavy atom. The molecule has 0 radical (unpaired) electrons. The molecule has 1 aliphatic heterocycles. The number of methoxy groups -OCH3 is 1. The minimum absolute atomic E-state index is 0.00566. The first-order valence-electron chi connectivity index (χ1n) is 10.7. The molecule has 1 unspecified atom stereocenters. The molecule has 2 heterocycles. The van der Waals surface area contributed by atoms with E-state index in [0.29, 0.717) is 12.1 Å². The van der Waals surface area contributed by atoms with Gasteiger partial charge in [0.15, 0.2) is 0 Å². The van der Waals surface area contributed by atoms with Gasteiger partial charge in [0.2, 0.25) is 0 Å². The van der Waals surface area contributed by atoms with Crippen molar-refractivity contribution in [2.45, 2.75) is 6.04 Å². The highest BCUT2D eigenvalue weighted by Gasteiger charge is 2.26. The fraction of sp³-hybridized carbons (Fsp3) is 0.280. The van der Waals surface area contributed by atoms with Gasteiger partial charge >= 0.3 is 0 Å². The van der Waals surface area contributed by atoms with Gasteiger partial charge in [0.1, 0.15) is 11.6 Å². The van der Waals surface area contributed by atoms with Crippen LogP contribution in [0.4, 0.5) is 10.1 Å². The highest BCUT2D eigenvalue weighted by atomic mass is 19.1. The van der Waals surface area contributed by atoms with Crippen LogP contribution in [-0.2, 0) is 0 Å². The third-order valence-electron chi connectivity index (χ3n) is 5.82. The highest BCUT2D eigenvalue weighted by Crippen LogP contribution is 2.25. The zero-order chi connectivity index (χ0) is 22.3. The van der Waals surface area contributed by atoms with Crippen molar-refractivity contribution >= 4 is 11.6 Å². The predicted molar refractivity (Wildman–Crippen MR) is 122 cm³/mol. The number of carbonyl (C=O) groups excluding carboxylic acids is 1. The predicted octanol–water partition coefficient (Wildman–Crippen LogP) is 3.52. The van der Waals surface area contributed by atoms with Crippen LogP contribution in [0.2, 0.25) is 0 Å². The Balaban J connectivity index is 1.42. The lowest BCUT2D eigenvalue weighted by molar-refractivity contribution is 0.0930. The lowest BCUT2D eigenvalue weighted by Crippen LogP contribution is -2.50. The van der Waals surface area contributed by atoms with Crippen LogP contribution >= 0.6 is 0 Å². The molecule has 1 atom stereocenters. The molecule has 0 spiro atoms. The van der Waals surface area contributed by atoms with E-state index >= 15 is 0 Å². The zero-order valence-electron chi connectivity index (χ0n) is 18.1. The number of hydrogen-bond donors (Lipinski definition) is 1. The summed E-state index contributed by atoms with van der Waals surface area (Å²) in [5, 5.41) is 3.01. The molecular weight excluding hydrogens is 407 g/mol. The number of ether oxygens (including phenoxy) is 1. The van der Waals surface area contributed by atoms with E-state index in [0.717, 1.165) is 37.5 Å². The van der Waals surface area contributed by atoms with Crippen LogP contribution in [0.1, 0.15) is 22.0 Å². The number of nitrogens with one attached hydrogen (secondary N) is 1. The van der Waals surface area contributed by atoms with Gasteiger partial charge < -0.3 is 15.0 Å². The summed E-state index contributed by atoms with van der Waals surface area (Å²) in [5.41, 5.74) is 2.68. The largest absolute Gasteiger partial charge is 0.497 e. The molecule has 4 rings (SSSR count). The number of anilines is 1. The molecule has 2 aromatic carbocycles. The summed E-state index contributed by atoms with van der Waals surface area (Å²) in [6.07, 6.45) is 3.60. The van der Waals surface area contributed by atoms with Crippen LogP contribution in [0.3, 0.4) is 0 Å². The number of nitrogens with zero attached hydrogens (tertiary/aromatic N) is 3. The van der Waals surface area contributed by atoms with Gasteiger partial charge in [-0.1, -0.05) is 6.07 Å². The van der Waals surface area contributed by atoms with Crippen molar-refractivity contribution in [3.63, 3.8) is 0 Å². The summed E-state index contributed by atoms with van der Waals surface area (Å²) in [5.74, 6) is 0.279. The van der Waals surface area contributed by atoms with Crippen molar-refractivity contribution in [2.75, 3.05) is 44.7 Å². The second-order valence-corrected chi connectivity index (χ2v) is 7.74. The summed E-state index contributed by atoms with van der Waals surface area (Å²) >= 11 is 0. The van der Waals surface area contributed by atoms with Crippen molar-refractivity contribution in [1.29, 1.82) is 0 Å². The Kier molecular flexibility index (Phi) is 6.97. The molecule has 0 saturated carbocycles. The lowest BCUT2D eigenvalue weighted by atomic mass is 10.1. The van der Waals surface area contributed by atoms with Gasteiger partial charge in [0.05, 0.1) is 13.2 Å². The van der Waals surface area contributed by atoms with Gasteiger partial charge in [-0.3, -0.25) is 14.7 Å². The molecule has 0 aliphatic carbocycles. The van der Waals surface area contributed by atoms with E-state index in [-0.39, 0.29) is 17.8 Å². The molecule has 7 heteroatoms. The van der Waals surface area contributed by atoms with E-state index in [4.69, 9.17) is 4.74 Å². The van der Waals surface area contributed by atoms with E-state index in [1.165, 1.54) is 30.0 Å².